The average Bonchev–Trinajstić information content (AvgIpc) is 2.50. The van der Waals surface area contributed by atoms with Gasteiger partial charge in [-0.2, -0.15) is 0 Å². The molecule has 11 heavy (non-hydrogen) atoms. The molecule has 0 bridgehead atoms. The third-order valence-electron chi connectivity index (χ3n) is 1.97. The van der Waals surface area contributed by atoms with Crippen LogP contribution in [-0.2, 0) is 9.53 Å². The van der Waals surface area contributed by atoms with Crippen molar-refractivity contribution in [2.75, 3.05) is 20.3 Å². The van der Waals surface area contributed by atoms with Gasteiger partial charge in [-0.3, -0.25) is 4.79 Å². The van der Waals surface area contributed by atoms with Gasteiger partial charge < -0.3 is 15.2 Å². The van der Waals surface area contributed by atoms with Crippen LogP contribution in [0.3, 0.4) is 0 Å². The highest BCUT2D eigenvalue weighted by Crippen LogP contribution is 2.13. The van der Waals surface area contributed by atoms with Crippen LogP contribution < -0.4 is 5.32 Å². The number of carbonyl (C=O) groups excluding carboxylic acids is 1. The standard InChI is InChI=1S/C7H13NO3/c1-11-7(10)6-2-5(4-9)3-8-6/h5-6,8-9H,2-4H2,1H3/t5?,6-/m0/s1. The number of ether oxygens (including phenoxy) is 1. The van der Waals surface area contributed by atoms with E-state index in [-0.39, 0.29) is 24.5 Å². The van der Waals surface area contributed by atoms with Gasteiger partial charge in [0.2, 0.25) is 0 Å². The van der Waals surface area contributed by atoms with Gasteiger partial charge in [0.1, 0.15) is 6.04 Å². The maximum absolute atomic E-state index is 10.9. The van der Waals surface area contributed by atoms with Crippen LogP contribution in [0.5, 0.6) is 0 Å². The zero-order chi connectivity index (χ0) is 8.27. The number of esters is 1. The van der Waals surface area contributed by atoms with E-state index in [1.54, 1.807) is 0 Å². The van der Waals surface area contributed by atoms with Crippen LogP contribution in [0, 0.1) is 5.92 Å². The van der Waals surface area contributed by atoms with Crippen LogP contribution in [0.1, 0.15) is 6.42 Å². The molecule has 1 heterocycles. The monoisotopic (exact) mass is 159 g/mol. The van der Waals surface area contributed by atoms with E-state index < -0.39 is 0 Å². The summed E-state index contributed by atoms with van der Waals surface area (Å²) in [6.45, 7) is 0.844. The Balaban J connectivity index is 2.35. The van der Waals surface area contributed by atoms with Gasteiger partial charge >= 0.3 is 5.97 Å². The van der Waals surface area contributed by atoms with Crippen LogP contribution in [0.2, 0.25) is 0 Å². The van der Waals surface area contributed by atoms with Gasteiger partial charge in [0.25, 0.3) is 0 Å². The molecule has 2 atom stereocenters. The van der Waals surface area contributed by atoms with E-state index in [0.29, 0.717) is 13.0 Å². The molecule has 0 aromatic heterocycles. The minimum atomic E-state index is -0.235. The number of nitrogens with one attached hydrogen (secondary N) is 1. The molecule has 0 aliphatic carbocycles. The fraction of sp³-hybridized carbons (Fsp3) is 0.857. The summed E-state index contributed by atoms with van der Waals surface area (Å²) in [5.74, 6) is -0.0277. The lowest BCUT2D eigenvalue weighted by Gasteiger charge is -2.05. The van der Waals surface area contributed by atoms with Crippen molar-refractivity contribution in [3.63, 3.8) is 0 Å². The fourth-order valence-electron chi connectivity index (χ4n) is 1.27. The smallest absolute Gasteiger partial charge is 0.322 e. The summed E-state index contributed by atoms with van der Waals surface area (Å²) in [6.07, 6.45) is 0.684. The van der Waals surface area contributed by atoms with Crippen molar-refractivity contribution in [2.45, 2.75) is 12.5 Å². The van der Waals surface area contributed by atoms with Crippen molar-refractivity contribution >= 4 is 5.97 Å². The summed E-state index contributed by atoms with van der Waals surface area (Å²) in [4.78, 5) is 10.9. The lowest BCUT2D eigenvalue weighted by Crippen LogP contribution is -2.31. The highest BCUT2D eigenvalue weighted by Gasteiger charge is 2.29. The molecule has 1 aliphatic heterocycles. The lowest BCUT2D eigenvalue weighted by atomic mass is 10.1. The molecule has 0 aromatic carbocycles. The predicted octanol–water partition coefficient (Wildman–Crippen LogP) is -0.870. The van der Waals surface area contributed by atoms with E-state index in [0.717, 1.165) is 0 Å². The molecule has 1 rings (SSSR count). The van der Waals surface area contributed by atoms with E-state index in [1.165, 1.54) is 7.11 Å². The van der Waals surface area contributed by atoms with Crippen molar-refractivity contribution in [3.8, 4) is 0 Å². The Hall–Kier alpha value is -0.610. The molecule has 0 aromatic rings. The molecule has 2 N–H and O–H groups in total. The zero-order valence-electron chi connectivity index (χ0n) is 6.54. The van der Waals surface area contributed by atoms with Gasteiger partial charge in [-0.15, -0.1) is 0 Å². The summed E-state index contributed by atoms with van der Waals surface area (Å²) < 4.78 is 4.54. The van der Waals surface area contributed by atoms with Crippen molar-refractivity contribution in [1.82, 2.24) is 5.32 Å². The minimum Gasteiger partial charge on any atom is -0.468 e. The molecule has 1 saturated heterocycles. The second-order valence-electron chi connectivity index (χ2n) is 2.77. The number of hydrogen-bond donors (Lipinski definition) is 2. The number of hydrogen-bond acceptors (Lipinski definition) is 4. The van der Waals surface area contributed by atoms with Gasteiger partial charge in [0.15, 0.2) is 0 Å². The zero-order valence-corrected chi connectivity index (χ0v) is 6.54. The van der Waals surface area contributed by atoms with E-state index in [2.05, 4.69) is 10.1 Å². The second-order valence-corrected chi connectivity index (χ2v) is 2.77. The molecular formula is C7H13NO3. The first-order chi connectivity index (χ1) is 5.27. The van der Waals surface area contributed by atoms with Crippen molar-refractivity contribution in [1.29, 1.82) is 0 Å². The Morgan fingerprint density at radius 2 is 2.55 bits per heavy atom. The number of methoxy groups -OCH3 is 1. The van der Waals surface area contributed by atoms with Crippen molar-refractivity contribution in [3.05, 3.63) is 0 Å². The molecule has 4 nitrogen and oxygen atoms in total. The summed E-state index contributed by atoms with van der Waals surface area (Å²) >= 11 is 0. The van der Waals surface area contributed by atoms with Crippen LogP contribution >= 0.6 is 0 Å². The molecule has 1 fully saturated rings. The Morgan fingerprint density at radius 1 is 1.82 bits per heavy atom. The van der Waals surface area contributed by atoms with Crippen LogP contribution in [-0.4, -0.2) is 37.4 Å². The lowest BCUT2D eigenvalue weighted by molar-refractivity contribution is -0.142. The minimum absolute atomic E-state index is 0.139. The second kappa shape index (κ2) is 3.69. The van der Waals surface area contributed by atoms with E-state index >= 15 is 0 Å². The van der Waals surface area contributed by atoms with Gasteiger partial charge in [0, 0.05) is 13.2 Å². The SMILES string of the molecule is COC(=O)[C@@H]1CC(CO)CN1. The number of rotatable bonds is 2. The van der Waals surface area contributed by atoms with Crippen LogP contribution in [0.4, 0.5) is 0 Å². The van der Waals surface area contributed by atoms with E-state index in [1.807, 2.05) is 0 Å². The molecule has 0 spiro atoms. The number of aliphatic hydroxyl groups excluding tert-OH is 1. The summed E-state index contributed by atoms with van der Waals surface area (Å²) in [5.41, 5.74) is 0. The molecule has 4 heteroatoms. The Kier molecular flexibility index (Phi) is 2.84. The molecule has 0 radical (unpaired) electrons. The van der Waals surface area contributed by atoms with Gasteiger partial charge in [-0.25, -0.2) is 0 Å². The maximum atomic E-state index is 10.9. The van der Waals surface area contributed by atoms with Gasteiger partial charge in [-0.1, -0.05) is 0 Å². The molecule has 64 valence electrons. The Bertz CT molecular complexity index is 149. The van der Waals surface area contributed by atoms with Gasteiger partial charge in [0.05, 0.1) is 7.11 Å². The highest BCUT2D eigenvalue weighted by atomic mass is 16.5. The summed E-state index contributed by atoms with van der Waals surface area (Å²) in [6, 6.07) is -0.211. The fourth-order valence-corrected chi connectivity index (χ4v) is 1.27. The Labute approximate surface area is 65.5 Å². The quantitative estimate of drug-likeness (QED) is 0.514. The van der Waals surface area contributed by atoms with Crippen molar-refractivity contribution in [2.24, 2.45) is 5.92 Å². The molecule has 0 saturated carbocycles. The third-order valence-corrected chi connectivity index (χ3v) is 1.97. The normalized spacial score (nSPS) is 30.4. The molecule has 0 amide bonds. The Morgan fingerprint density at radius 3 is 3.00 bits per heavy atom. The third kappa shape index (κ3) is 1.91. The number of aliphatic hydroxyl groups is 1. The first kappa shape index (κ1) is 8.49. The summed E-state index contributed by atoms with van der Waals surface area (Å²) in [7, 11) is 1.37. The van der Waals surface area contributed by atoms with Gasteiger partial charge in [-0.05, 0) is 12.3 Å². The topological polar surface area (TPSA) is 58.6 Å². The number of carbonyl (C=O) groups is 1. The van der Waals surface area contributed by atoms with E-state index in [4.69, 9.17) is 5.11 Å². The first-order valence-corrected chi connectivity index (χ1v) is 3.70. The van der Waals surface area contributed by atoms with Crippen LogP contribution in [0.25, 0.3) is 0 Å². The molecular weight excluding hydrogens is 146 g/mol. The molecule has 1 aliphatic rings. The first-order valence-electron chi connectivity index (χ1n) is 3.70. The maximum Gasteiger partial charge on any atom is 0.322 e. The van der Waals surface area contributed by atoms with E-state index in [9.17, 15) is 4.79 Å². The highest BCUT2D eigenvalue weighted by molar-refractivity contribution is 5.75. The molecule has 1 unspecified atom stereocenters. The summed E-state index contributed by atoms with van der Waals surface area (Å²) in [5, 5.41) is 11.7. The average molecular weight is 159 g/mol. The predicted molar refractivity (Wildman–Crippen MR) is 39.0 cm³/mol. The largest absolute Gasteiger partial charge is 0.468 e. The van der Waals surface area contributed by atoms with Crippen molar-refractivity contribution < 1.29 is 14.6 Å². The van der Waals surface area contributed by atoms with Crippen LogP contribution in [0.15, 0.2) is 0 Å².